The smallest absolute Gasteiger partial charge is 0.249 e. The second kappa shape index (κ2) is 29.4. The van der Waals surface area contributed by atoms with Crippen molar-refractivity contribution in [1.29, 1.82) is 0 Å². The summed E-state index contributed by atoms with van der Waals surface area (Å²) in [5.41, 5.74) is 0.821. The van der Waals surface area contributed by atoms with E-state index in [1.807, 2.05) is 0 Å². The Morgan fingerprint density at radius 1 is 0.659 bits per heavy atom. The highest BCUT2D eigenvalue weighted by molar-refractivity contribution is 7.86. The first kappa shape index (κ1) is 41.0. The molecule has 0 spiro atoms. The Bertz CT molecular complexity index is 768. The molecule has 1 aliphatic rings. The van der Waals surface area contributed by atoms with Gasteiger partial charge in [0, 0.05) is 22.2 Å². The van der Waals surface area contributed by atoms with E-state index in [9.17, 15) is 18.9 Å². The van der Waals surface area contributed by atoms with Gasteiger partial charge in [0.1, 0.15) is 5.25 Å². The van der Waals surface area contributed by atoms with Crippen LogP contribution in [0.3, 0.4) is 0 Å². The van der Waals surface area contributed by atoms with Gasteiger partial charge in [-0.15, -0.1) is 0 Å². The molecule has 2 unspecified atom stereocenters. The molecule has 2 atom stereocenters. The molecule has 0 aliphatic carbocycles. The lowest BCUT2D eigenvalue weighted by Crippen LogP contribution is -2.33. The lowest BCUT2D eigenvalue weighted by Gasteiger charge is -2.19. The number of aliphatic hydroxyl groups is 1. The van der Waals surface area contributed by atoms with Gasteiger partial charge in [-0.05, 0) is 25.7 Å². The van der Waals surface area contributed by atoms with Crippen molar-refractivity contribution in [2.75, 3.05) is 12.4 Å². The van der Waals surface area contributed by atoms with Crippen molar-refractivity contribution in [2.24, 2.45) is 0 Å². The predicted molar refractivity (Wildman–Crippen MR) is 189 cm³/mol. The van der Waals surface area contributed by atoms with Crippen LogP contribution >= 0.6 is 0 Å². The number of imide groups is 1. The van der Waals surface area contributed by atoms with Crippen molar-refractivity contribution in [3.63, 3.8) is 0 Å². The van der Waals surface area contributed by atoms with Crippen LogP contribution in [0.15, 0.2) is 11.8 Å². The number of nitrogens with zero attached hydrogens (tertiary/aromatic N) is 1. The molecule has 1 saturated heterocycles. The summed E-state index contributed by atoms with van der Waals surface area (Å²) < 4.78 is 12.5. The summed E-state index contributed by atoms with van der Waals surface area (Å²) >= 11 is 0. The minimum Gasteiger partial charge on any atom is -0.395 e. The van der Waals surface area contributed by atoms with Crippen molar-refractivity contribution >= 4 is 22.6 Å². The topological polar surface area (TPSA) is 74.7 Å². The molecule has 1 aliphatic heterocycles. The van der Waals surface area contributed by atoms with Gasteiger partial charge >= 0.3 is 0 Å². The van der Waals surface area contributed by atoms with Crippen LogP contribution in [0.1, 0.15) is 200 Å². The number of amides is 2. The zero-order valence-corrected chi connectivity index (χ0v) is 29.9. The number of likely N-dealkylation sites (tertiary alicyclic amines) is 1. The highest BCUT2D eigenvalue weighted by Gasteiger charge is 2.43. The number of aliphatic hydroxyl groups excluding tert-OH is 1. The second-order valence-corrected chi connectivity index (χ2v) is 15.0. The van der Waals surface area contributed by atoms with Gasteiger partial charge in [-0.2, -0.15) is 0 Å². The molecule has 0 aromatic carbocycles. The van der Waals surface area contributed by atoms with Crippen molar-refractivity contribution < 1.29 is 18.9 Å². The van der Waals surface area contributed by atoms with E-state index in [-0.39, 0.29) is 30.6 Å². The predicted octanol–water partition coefficient (Wildman–Crippen LogP) is 10.7. The molecule has 2 amide bonds. The molecule has 1 heterocycles. The van der Waals surface area contributed by atoms with Crippen molar-refractivity contribution in [3.05, 3.63) is 11.8 Å². The molecule has 0 bridgehead atoms. The van der Waals surface area contributed by atoms with E-state index >= 15 is 0 Å². The van der Waals surface area contributed by atoms with Crippen LogP contribution in [0.25, 0.3) is 0 Å². The van der Waals surface area contributed by atoms with E-state index in [4.69, 9.17) is 0 Å². The zero-order chi connectivity index (χ0) is 32.1. The van der Waals surface area contributed by atoms with Crippen molar-refractivity contribution in [2.45, 2.75) is 205 Å². The van der Waals surface area contributed by atoms with Crippen LogP contribution in [-0.4, -0.2) is 43.6 Å². The molecule has 1 N–H and O–H groups in total. The van der Waals surface area contributed by atoms with E-state index in [1.54, 1.807) is 0 Å². The Morgan fingerprint density at radius 2 is 1.05 bits per heavy atom. The molecule has 0 saturated carbocycles. The minimum atomic E-state index is -1.50. The third-order valence-corrected chi connectivity index (χ3v) is 10.8. The number of rotatable bonds is 32. The quantitative estimate of drug-likeness (QED) is 0.0588. The van der Waals surface area contributed by atoms with Crippen molar-refractivity contribution in [1.82, 2.24) is 4.90 Å². The fourth-order valence-electron chi connectivity index (χ4n) is 6.40. The number of carbonyl (C=O) groups is 2. The Balaban J connectivity index is 2.26. The fourth-order valence-corrected chi connectivity index (χ4v) is 7.53. The van der Waals surface area contributed by atoms with E-state index in [0.29, 0.717) is 0 Å². The largest absolute Gasteiger partial charge is 0.395 e. The Hall–Kier alpha value is -1.01. The van der Waals surface area contributed by atoms with Crippen molar-refractivity contribution in [3.8, 4) is 0 Å². The van der Waals surface area contributed by atoms with Crippen LogP contribution in [0.4, 0.5) is 0 Å². The summed E-state index contributed by atoms with van der Waals surface area (Å²) in [4.78, 5) is 27.3. The zero-order valence-electron chi connectivity index (χ0n) is 29.1. The van der Waals surface area contributed by atoms with Crippen LogP contribution < -0.4 is 0 Å². The van der Waals surface area contributed by atoms with E-state index < -0.39 is 16.0 Å². The first-order valence-electron chi connectivity index (χ1n) is 19.1. The summed E-state index contributed by atoms with van der Waals surface area (Å²) in [5, 5.41) is 8.37. The number of carbonyl (C=O) groups excluding carboxylic acids is 2. The second-order valence-electron chi connectivity index (χ2n) is 13.3. The normalized spacial score (nSPS) is 16.4. The molecular weight excluding hydrogens is 566 g/mol. The lowest BCUT2D eigenvalue weighted by molar-refractivity contribution is -0.136. The summed E-state index contributed by atoms with van der Waals surface area (Å²) in [7, 11) is -1.50. The maximum atomic E-state index is 13.1. The average molecular weight is 638 g/mol. The van der Waals surface area contributed by atoms with Crippen LogP contribution in [-0.2, 0) is 20.4 Å². The molecular formula is C38H71NO4S. The van der Waals surface area contributed by atoms with Gasteiger partial charge in [-0.25, -0.2) is 0 Å². The standard InChI is InChI=1S/C38H71NO4S/c1-3-5-7-9-11-13-14-15-16-17-18-19-20-21-22-23-25-27-29-31-35(30-28-26-24-12-10-8-6-4-2)39-37(41)34-36(38(39)42)44(43)33-32-40/h31,36,40H,3-30,32-34H2,1-2H3. The SMILES string of the molecule is CCCCCCCCCCCCCCCCCCCCC=C(CCCCCCCCCC)N1C(=O)CC(S(=O)CCO)C1=O. The van der Waals surface area contributed by atoms with Crippen LogP contribution in [0, 0.1) is 0 Å². The summed E-state index contributed by atoms with van der Waals surface area (Å²) in [6.45, 7) is 4.29. The van der Waals surface area contributed by atoms with Gasteiger partial charge in [-0.3, -0.25) is 18.7 Å². The molecule has 1 fully saturated rings. The number of hydrogen-bond donors (Lipinski definition) is 1. The molecule has 6 heteroatoms. The van der Waals surface area contributed by atoms with Gasteiger partial charge in [0.2, 0.25) is 11.8 Å². The number of unbranched alkanes of at least 4 members (excludes halogenated alkanes) is 25. The first-order valence-corrected chi connectivity index (χ1v) is 20.5. The minimum absolute atomic E-state index is 0.000589. The van der Waals surface area contributed by atoms with Gasteiger partial charge in [-0.1, -0.05) is 174 Å². The fraction of sp³-hybridized carbons (Fsp3) is 0.895. The Morgan fingerprint density at radius 3 is 1.45 bits per heavy atom. The molecule has 0 aromatic heterocycles. The molecule has 1 rings (SSSR count). The molecule has 258 valence electrons. The monoisotopic (exact) mass is 638 g/mol. The lowest BCUT2D eigenvalue weighted by atomic mass is 10.0. The Kier molecular flexibility index (Phi) is 27.4. The molecule has 0 aromatic rings. The third kappa shape index (κ3) is 20.2. The van der Waals surface area contributed by atoms with Gasteiger partial charge in [0.25, 0.3) is 0 Å². The van der Waals surface area contributed by atoms with Gasteiger partial charge in [0.05, 0.1) is 13.0 Å². The van der Waals surface area contributed by atoms with Crippen LogP contribution in [0.2, 0.25) is 0 Å². The maximum Gasteiger partial charge on any atom is 0.249 e. The summed E-state index contributed by atoms with van der Waals surface area (Å²) in [5.74, 6) is -0.506. The van der Waals surface area contributed by atoms with E-state index in [1.165, 1.54) is 153 Å². The highest BCUT2D eigenvalue weighted by atomic mass is 32.2. The third-order valence-electron chi connectivity index (χ3n) is 9.23. The maximum absolute atomic E-state index is 13.1. The molecule has 5 nitrogen and oxygen atoms in total. The van der Waals surface area contributed by atoms with E-state index in [2.05, 4.69) is 19.9 Å². The first-order chi connectivity index (χ1) is 21.6. The summed E-state index contributed by atoms with van der Waals surface area (Å²) in [6, 6.07) is 0. The van der Waals surface area contributed by atoms with Crippen LogP contribution in [0.5, 0.6) is 0 Å². The van der Waals surface area contributed by atoms with Gasteiger partial charge < -0.3 is 5.11 Å². The van der Waals surface area contributed by atoms with E-state index in [0.717, 1.165) is 37.8 Å². The van der Waals surface area contributed by atoms with Gasteiger partial charge in [0.15, 0.2) is 0 Å². The molecule has 0 radical (unpaired) electrons. The molecule has 44 heavy (non-hydrogen) atoms. The average Bonchev–Trinajstić information content (AvgIpc) is 3.32. The number of allylic oxidation sites excluding steroid dienone is 2. The Labute approximate surface area is 275 Å². The summed E-state index contributed by atoms with van der Waals surface area (Å²) in [6.07, 6.45) is 37.8. The number of hydrogen-bond acceptors (Lipinski definition) is 4. The highest BCUT2D eigenvalue weighted by Crippen LogP contribution is 2.27.